The summed E-state index contributed by atoms with van der Waals surface area (Å²) < 4.78 is 13.8. The summed E-state index contributed by atoms with van der Waals surface area (Å²) in [6.07, 6.45) is 0.703. The summed E-state index contributed by atoms with van der Waals surface area (Å²) in [7, 11) is 3.32. The van der Waals surface area contributed by atoms with Crippen LogP contribution in [0.2, 0.25) is 0 Å². The number of rotatable bonds is 2. The first-order valence-corrected chi connectivity index (χ1v) is 10.3. The molecule has 6 nitrogen and oxygen atoms in total. The van der Waals surface area contributed by atoms with Crippen LogP contribution in [0.25, 0.3) is 0 Å². The smallest absolute Gasteiger partial charge is 0.257 e. The van der Waals surface area contributed by atoms with Gasteiger partial charge in [-0.25, -0.2) is 4.39 Å². The van der Waals surface area contributed by atoms with Crippen molar-refractivity contribution in [1.82, 2.24) is 9.80 Å². The minimum Gasteiger partial charge on any atom is -0.337 e. The van der Waals surface area contributed by atoms with Gasteiger partial charge in [0.1, 0.15) is 17.4 Å². The maximum Gasteiger partial charge on any atom is 0.257 e. The molecule has 0 bridgehead atoms. The number of carbonyl (C=O) groups is 3. The Hall–Kier alpha value is -2.74. The van der Waals surface area contributed by atoms with Gasteiger partial charge in [-0.2, -0.15) is 0 Å². The largest absolute Gasteiger partial charge is 0.337 e. The van der Waals surface area contributed by atoms with E-state index in [1.54, 1.807) is 43.0 Å². The highest BCUT2D eigenvalue weighted by atomic mass is 32.1. The zero-order valence-electron chi connectivity index (χ0n) is 16.6. The number of nitrogens with zero attached hydrogens (tertiary/aromatic N) is 3. The highest BCUT2D eigenvalue weighted by Gasteiger charge is 2.36. The van der Waals surface area contributed by atoms with Crippen molar-refractivity contribution in [2.45, 2.75) is 26.3 Å². The van der Waals surface area contributed by atoms with E-state index >= 15 is 0 Å². The van der Waals surface area contributed by atoms with Crippen LogP contribution in [0.4, 0.5) is 9.39 Å². The molecule has 0 unspecified atom stereocenters. The molecule has 0 spiro atoms. The molecule has 1 aromatic heterocycles. The fourth-order valence-corrected chi connectivity index (χ4v) is 5.11. The van der Waals surface area contributed by atoms with E-state index in [1.807, 2.05) is 0 Å². The molecule has 2 aliphatic heterocycles. The van der Waals surface area contributed by atoms with Gasteiger partial charge in [-0.3, -0.25) is 14.4 Å². The number of benzene rings is 1. The normalized spacial score (nSPS) is 16.6. The molecule has 29 heavy (non-hydrogen) atoms. The fourth-order valence-electron chi connectivity index (χ4n) is 3.78. The molecule has 152 valence electrons. The van der Waals surface area contributed by atoms with Crippen molar-refractivity contribution in [2.75, 3.05) is 32.1 Å². The van der Waals surface area contributed by atoms with Gasteiger partial charge in [0.2, 0.25) is 11.8 Å². The van der Waals surface area contributed by atoms with E-state index in [4.69, 9.17) is 0 Å². The van der Waals surface area contributed by atoms with Gasteiger partial charge in [0.25, 0.3) is 5.91 Å². The summed E-state index contributed by atoms with van der Waals surface area (Å²) in [5.74, 6) is -0.665. The molecule has 3 heterocycles. The molecule has 1 aromatic carbocycles. The van der Waals surface area contributed by atoms with Crippen LogP contribution in [0.15, 0.2) is 18.2 Å². The number of anilines is 1. The van der Waals surface area contributed by atoms with Gasteiger partial charge in [-0.05, 0) is 36.1 Å². The first-order chi connectivity index (χ1) is 13.8. The molecule has 0 fully saturated rings. The summed E-state index contributed by atoms with van der Waals surface area (Å²) in [6, 6.07) is 4.86. The summed E-state index contributed by atoms with van der Waals surface area (Å²) >= 11 is 1.40. The van der Waals surface area contributed by atoms with Crippen LogP contribution >= 0.6 is 11.3 Å². The van der Waals surface area contributed by atoms with Crippen molar-refractivity contribution >= 4 is 34.1 Å². The molecule has 2 aliphatic rings. The van der Waals surface area contributed by atoms with E-state index in [2.05, 4.69) is 0 Å². The lowest BCUT2D eigenvalue weighted by Crippen LogP contribution is -2.37. The van der Waals surface area contributed by atoms with Gasteiger partial charge in [-0.15, -0.1) is 11.3 Å². The highest BCUT2D eigenvalue weighted by molar-refractivity contribution is 7.17. The zero-order valence-corrected chi connectivity index (χ0v) is 17.4. The summed E-state index contributed by atoms with van der Waals surface area (Å²) in [6.45, 7) is 2.65. The number of halogens is 1. The van der Waals surface area contributed by atoms with Crippen molar-refractivity contribution in [3.8, 4) is 0 Å². The number of fused-ring (bicyclic) bond motifs is 3. The van der Waals surface area contributed by atoms with E-state index in [0.717, 1.165) is 10.4 Å². The van der Waals surface area contributed by atoms with Gasteiger partial charge in [0.15, 0.2) is 0 Å². The first-order valence-electron chi connectivity index (χ1n) is 9.45. The highest BCUT2D eigenvalue weighted by Crippen LogP contribution is 2.40. The van der Waals surface area contributed by atoms with Crippen molar-refractivity contribution in [1.29, 1.82) is 0 Å². The minimum atomic E-state index is -0.312. The second-order valence-electron chi connectivity index (χ2n) is 7.62. The van der Waals surface area contributed by atoms with Crippen LogP contribution in [-0.4, -0.2) is 54.7 Å². The molecule has 3 amide bonds. The number of aryl methyl sites for hydroxylation is 1. The third kappa shape index (κ3) is 3.42. The van der Waals surface area contributed by atoms with Crippen LogP contribution in [0.1, 0.15) is 31.9 Å². The van der Waals surface area contributed by atoms with E-state index < -0.39 is 0 Å². The van der Waals surface area contributed by atoms with Crippen molar-refractivity contribution < 1.29 is 18.8 Å². The Morgan fingerprint density at radius 2 is 1.97 bits per heavy atom. The second kappa shape index (κ2) is 7.26. The van der Waals surface area contributed by atoms with E-state index in [-0.39, 0.29) is 36.5 Å². The Kier molecular flexibility index (Phi) is 4.90. The quantitative estimate of drug-likeness (QED) is 0.757. The number of thiophene rings is 1. The van der Waals surface area contributed by atoms with Gasteiger partial charge in [0, 0.05) is 25.5 Å². The van der Waals surface area contributed by atoms with E-state index in [9.17, 15) is 18.8 Å². The number of likely N-dealkylation sites (N-methyl/N-ethyl adjacent to an activating group) is 2. The number of hydrogen-bond acceptors (Lipinski definition) is 4. The maximum atomic E-state index is 13.8. The minimum absolute atomic E-state index is 0.0588. The molecule has 4 rings (SSSR count). The van der Waals surface area contributed by atoms with Crippen LogP contribution < -0.4 is 4.90 Å². The number of amides is 3. The number of carbonyl (C=O) groups excluding carboxylic acids is 3. The Balaban J connectivity index is 1.58. The Bertz CT molecular complexity index is 1030. The summed E-state index contributed by atoms with van der Waals surface area (Å²) in [5.41, 5.74) is 2.73. The summed E-state index contributed by atoms with van der Waals surface area (Å²) in [5, 5.41) is 0.657. The molecule has 2 aromatic rings. The predicted octanol–water partition coefficient (Wildman–Crippen LogP) is 2.37. The SMILES string of the molecule is Cc1ccc(CC(=O)N2CCc3c(sc4c3C(=O)N(C)CC(=O)N4C)C2)cc1F. The first kappa shape index (κ1) is 19.6. The van der Waals surface area contributed by atoms with Gasteiger partial charge >= 0.3 is 0 Å². The Morgan fingerprint density at radius 3 is 2.69 bits per heavy atom. The average molecular weight is 415 g/mol. The lowest BCUT2D eigenvalue weighted by molar-refractivity contribution is -0.131. The average Bonchev–Trinajstić information content (AvgIpc) is 3.04. The number of hydrogen-bond donors (Lipinski definition) is 0. The molecule has 0 saturated carbocycles. The third-order valence-electron chi connectivity index (χ3n) is 5.59. The predicted molar refractivity (Wildman–Crippen MR) is 109 cm³/mol. The Labute approximate surface area is 172 Å². The summed E-state index contributed by atoms with van der Waals surface area (Å²) in [4.78, 5) is 43.6. The molecule has 8 heteroatoms. The van der Waals surface area contributed by atoms with Crippen LogP contribution in [0.5, 0.6) is 0 Å². The Morgan fingerprint density at radius 1 is 1.21 bits per heavy atom. The zero-order chi connectivity index (χ0) is 20.9. The molecule has 0 N–H and O–H groups in total. The molecule has 0 aliphatic carbocycles. The van der Waals surface area contributed by atoms with E-state index in [1.165, 1.54) is 22.3 Å². The van der Waals surface area contributed by atoms with Gasteiger partial charge < -0.3 is 14.7 Å². The van der Waals surface area contributed by atoms with Crippen molar-refractivity contribution in [3.63, 3.8) is 0 Å². The van der Waals surface area contributed by atoms with Crippen LogP contribution in [-0.2, 0) is 29.0 Å². The van der Waals surface area contributed by atoms with Crippen molar-refractivity contribution in [3.05, 3.63) is 51.1 Å². The molecule has 0 atom stereocenters. The topological polar surface area (TPSA) is 60.9 Å². The van der Waals surface area contributed by atoms with Crippen LogP contribution in [0.3, 0.4) is 0 Å². The van der Waals surface area contributed by atoms with Gasteiger partial charge in [0.05, 0.1) is 18.5 Å². The molecular formula is C21H22FN3O3S. The van der Waals surface area contributed by atoms with Gasteiger partial charge in [-0.1, -0.05) is 12.1 Å². The van der Waals surface area contributed by atoms with Crippen molar-refractivity contribution in [2.24, 2.45) is 0 Å². The van der Waals surface area contributed by atoms with Crippen LogP contribution in [0, 0.1) is 12.7 Å². The second-order valence-corrected chi connectivity index (χ2v) is 8.71. The molecule has 0 radical (unpaired) electrons. The lowest BCUT2D eigenvalue weighted by atomic mass is 10.0. The standard InChI is InChI=1S/C21H22FN3O3S/c1-12-4-5-13(8-15(12)22)9-17(26)25-7-6-14-16(10-25)29-21-19(14)20(28)23(2)11-18(27)24(21)3/h4-5,8H,6-7,9-11H2,1-3H3. The molecular weight excluding hydrogens is 393 g/mol. The monoisotopic (exact) mass is 415 g/mol. The molecule has 0 saturated heterocycles. The third-order valence-corrected chi connectivity index (χ3v) is 6.89. The fraction of sp³-hybridized carbons (Fsp3) is 0.381. The maximum absolute atomic E-state index is 13.8. The lowest BCUT2D eigenvalue weighted by Gasteiger charge is -2.27. The van der Waals surface area contributed by atoms with E-state index in [0.29, 0.717) is 41.2 Å².